The summed E-state index contributed by atoms with van der Waals surface area (Å²) in [7, 11) is 0. The summed E-state index contributed by atoms with van der Waals surface area (Å²) in [5, 5.41) is 9.40. The van der Waals surface area contributed by atoms with Crippen LogP contribution in [0.5, 0.6) is 5.75 Å². The molecule has 0 heterocycles. The number of phenolic OH excluding ortho intramolecular Hbond substituents is 1. The fourth-order valence-corrected chi connectivity index (χ4v) is 2.57. The smallest absolute Gasteiger partial charge is 0.125 e. The summed E-state index contributed by atoms with van der Waals surface area (Å²) in [5.74, 6) is 0.0407. The van der Waals surface area contributed by atoms with Gasteiger partial charge in [-0.3, -0.25) is 0 Å². The predicted molar refractivity (Wildman–Crippen MR) is 80.6 cm³/mol. The molecule has 0 fully saturated rings. The molecule has 0 amide bonds. The van der Waals surface area contributed by atoms with Crippen LogP contribution in [-0.2, 0) is 0 Å². The monoisotopic (exact) mass is 273 g/mol. The van der Waals surface area contributed by atoms with E-state index in [0.29, 0.717) is 0 Å². The SMILES string of the molecule is CCC(c1ccc(O)cc1)N(CC)c1cccc(F)c1. The molecule has 0 aliphatic carbocycles. The maximum atomic E-state index is 13.4. The maximum absolute atomic E-state index is 13.4. The Morgan fingerprint density at radius 1 is 1.10 bits per heavy atom. The summed E-state index contributed by atoms with van der Waals surface area (Å²) in [6.07, 6.45) is 0.912. The van der Waals surface area contributed by atoms with E-state index in [9.17, 15) is 9.50 Å². The van der Waals surface area contributed by atoms with Gasteiger partial charge in [-0.25, -0.2) is 4.39 Å². The van der Waals surface area contributed by atoms with Gasteiger partial charge in [0.15, 0.2) is 0 Å². The number of nitrogens with zero attached hydrogens (tertiary/aromatic N) is 1. The van der Waals surface area contributed by atoms with Crippen LogP contribution >= 0.6 is 0 Å². The van der Waals surface area contributed by atoms with E-state index in [1.54, 1.807) is 24.3 Å². The number of rotatable bonds is 5. The number of hydrogen-bond acceptors (Lipinski definition) is 2. The van der Waals surface area contributed by atoms with Crippen LogP contribution in [0.3, 0.4) is 0 Å². The van der Waals surface area contributed by atoms with Crippen molar-refractivity contribution in [2.45, 2.75) is 26.3 Å². The lowest BCUT2D eigenvalue weighted by molar-refractivity contribution is 0.474. The molecule has 106 valence electrons. The van der Waals surface area contributed by atoms with Gasteiger partial charge < -0.3 is 10.0 Å². The Balaban J connectivity index is 2.34. The zero-order valence-electron chi connectivity index (χ0n) is 11.9. The summed E-state index contributed by atoms with van der Waals surface area (Å²) >= 11 is 0. The van der Waals surface area contributed by atoms with Gasteiger partial charge in [-0.05, 0) is 49.2 Å². The average Bonchev–Trinajstić information content (AvgIpc) is 2.46. The number of aromatic hydroxyl groups is 1. The third kappa shape index (κ3) is 3.10. The third-order valence-corrected chi connectivity index (χ3v) is 3.52. The first kappa shape index (κ1) is 14.4. The average molecular weight is 273 g/mol. The van der Waals surface area contributed by atoms with Gasteiger partial charge in [0.05, 0.1) is 6.04 Å². The van der Waals surface area contributed by atoms with E-state index in [4.69, 9.17) is 0 Å². The van der Waals surface area contributed by atoms with Gasteiger partial charge in [-0.15, -0.1) is 0 Å². The Hall–Kier alpha value is -2.03. The van der Waals surface area contributed by atoms with Crippen LogP contribution in [0.1, 0.15) is 31.9 Å². The molecule has 20 heavy (non-hydrogen) atoms. The highest BCUT2D eigenvalue weighted by Gasteiger charge is 2.18. The first-order valence-corrected chi connectivity index (χ1v) is 6.96. The largest absolute Gasteiger partial charge is 0.508 e. The summed E-state index contributed by atoms with van der Waals surface area (Å²) in [6, 6.07) is 14.1. The zero-order valence-corrected chi connectivity index (χ0v) is 11.9. The Kier molecular flexibility index (Phi) is 4.61. The number of benzene rings is 2. The summed E-state index contributed by atoms with van der Waals surface area (Å²) in [4.78, 5) is 2.18. The molecule has 1 N–H and O–H groups in total. The maximum Gasteiger partial charge on any atom is 0.125 e. The second kappa shape index (κ2) is 6.42. The van der Waals surface area contributed by atoms with Crippen molar-refractivity contribution >= 4 is 5.69 Å². The first-order valence-electron chi connectivity index (χ1n) is 6.96. The van der Waals surface area contributed by atoms with Crippen molar-refractivity contribution in [3.05, 3.63) is 59.9 Å². The molecule has 2 aromatic carbocycles. The van der Waals surface area contributed by atoms with Crippen LogP contribution < -0.4 is 4.90 Å². The van der Waals surface area contributed by atoms with Crippen molar-refractivity contribution in [2.24, 2.45) is 0 Å². The predicted octanol–water partition coefficient (Wildman–Crippen LogP) is 4.51. The molecule has 2 nitrogen and oxygen atoms in total. The molecule has 2 aromatic rings. The minimum atomic E-state index is -0.221. The van der Waals surface area contributed by atoms with E-state index in [-0.39, 0.29) is 17.6 Å². The number of phenols is 1. The normalized spacial score (nSPS) is 12.2. The van der Waals surface area contributed by atoms with Crippen molar-refractivity contribution in [1.82, 2.24) is 0 Å². The van der Waals surface area contributed by atoms with Crippen LogP contribution in [0.25, 0.3) is 0 Å². The molecule has 0 aliphatic heterocycles. The quantitative estimate of drug-likeness (QED) is 0.866. The van der Waals surface area contributed by atoms with Crippen molar-refractivity contribution in [1.29, 1.82) is 0 Å². The van der Waals surface area contributed by atoms with Gasteiger partial charge in [0, 0.05) is 12.2 Å². The van der Waals surface area contributed by atoms with Gasteiger partial charge in [-0.1, -0.05) is 25.1 Å². The van der Waals surface area contributed by atoms with Gasteiger partial charge in [0.1, 0.15) is 11.6 Å². The van der Waals surface area contributed by atoms with Crippen LogP contribution in [0.2, 0.25) is 0 Å². The minimum Gasteiger partial charge on any atom is -0.508 e. The van der Waals surface area contributed by atoms with Crippen molar-refractivity contribution in [2.75, 3.05) is 11.4 Å². The first-order chi connectivity index (χ1) is 9.65. The standard InChI is InChI=1S/C17H20FNO/c1-3-17(13-8-10-16(20)11-9-13)19(4-2)15-7-5-6-14(18)12-15/h5-12,17,20H,3-4H2,1-2H3. The molecule has 1 unspecified atom stereocenters. The van der Waals surface area contributed by atoms with Crippen LogP contribution in [0.4, 0.5) is 10.1 Å². The van der Waals surface area contributed by atoms with E-state index >= 15 is 0 Å². The highest BCUT2D eigenvalue weighted by atomic mass is 19.1. The lowest BCUT2D eigenvalue weighted by Crippen LogP contribution is -2.28. The van der Waals surface area contributed by atoms with Gasteiger partial charge in [0.25, 0.3) is 0 Å². The van der Waals surface area contributed by atoms with Crippen molar-refractivity contribution < 1.29 is 9.50 Å². The molecule has 2 rings (SSSR count). The molecular formula is C17H20FNO. The Morgan fingerprint density at radius 3 is 2.35 bits per heavy atom. The van der Waals surface area contributed by atoms with E-state index < -0.39 is 0 Å². The van der Waals surface area contributed by atoms with E-state index in [0.717, 1.165) is 24.2 Å². The zero-order chi connectivity index (χ0) is 14.5. The number of anilines is 1. The summed E-state index contributed by atoms with van der Waals surface area (Å²) in [6.45, 7) is 4.97. The van der Waals surface area contributed by atoms with E-state index in [2.05, 4.69) is 18.7 Å². The Morgan fingerprint density at radius 2 is 1.80 bits per heavy atom. The molecule has 0 radical (unpaired) electrons. The molecule has 1 atom stereocenters. The number of halogens is 1. The highest BCUT2D eigenvalue weighted by Crippen LogP contribution is 2.30. The lowest BCUT2D eigenvalue weighted by atomic mass is 10.0. The van der Waals surface area contributed by atoms with Gasteiger partial charge >= 0.3 is 0 Å². The number of hydrogen-bond donors (Lipinski definition) is 1. The summed E-state index contributed by atoms with van der Waals surface area (Å²) < 4.78 is 13.4. The second-order valence-electron chi connectivity index (χ2n) is 4.78. The topological polar surface area (TPSA) is 23.5 Å². The lowest BCUT2D eigenvalue weighted by Gasteiger charge is -2.32. The van der Waals surface area contributed by atoms with Crippen molar-refractivity contribution in [3.8, 4) is 5.75 Å². The van der Waals surface area contributed by atoms with Crippen LogP contribution in [0, 0.1) is 5.82 Å². The third-order valence-electron chi connectivity index (χ3n) is 3.52. The van der Waals surface area contributed by atoms with Crippen LogP contribution in [-0.4, -0.2) is 11.7 Å². The molecule has 0 bridgehead atoms. The Bertz CT molecular complexity index is 553. The molecule has 0 saturated heterocycles. The van der Waals surface area contributed by atoms with E-state index in [1.807, 2.05) is 18.2 Å². The molecule has 0 spiro atoms. The molecule has 3 heteroatoms. The fraction of sp³-hybridized carbons (Fsp3) is 0.294. The van der Waals surface area contributed by atoms with Gasteiger partial charge in [0.2, 0.25) is 0 Å². The second-order valence-corrected chi connectivity index (χ2v) is 4.78. The molecular weight excluding hydrogens is 253 g/mol. The van der Waals surface area contributed by atoms with Gasteiger partial charge in [-0.2, -0.15) is 0 Å². The molecule has 0 aliphatic rings. The molecule has 0 aromatic heterocycles. The fourth-order valence-electron chi connectivity index (χ4n) is 2.57. The van der Waals surface area contributed by atoms with Crippen LogP contribution in [0.15, 0.2) is 48.5 Å². The Labute approximate surface area is 119 Å². The summed E-state index contributed by atoms with van der Waals surface area (Å²) in [5.41, 5.74) is 2.00. The van der Waals surface area contributed by atoms with Crippen molar-refractivity contribution in [3.63, 3.8) is 0 Å². The molecule has 0 saturated carbocycles. The highest BCUT2D eigenvalue weighted by molar-refractivity contribution is 5.49. The minimum absolute atomic E-state index is 0.169. The van der Waals surface area contributed by atoms with E-state index in [1.165, 1.54) is 6.07 Å².